The van der Waals surface area contributed by atoms with E-state index in [1.807, 2.05) is 66.7 Å². The summed E-state index contributed by atoms with van der Waals surface area (Å²) in [6.07, 6.45) is 3.49. The van der Waals surface area contributed by atoms with Crippen molar-refractivity contribution in [2.24, 2.45) is 11.8 Å². The van der Waals surface area contributed by atoms with Gasteiger partial charge in [-0.2, -0.15) is 0 Å². The van der Waals surface area contributed by atoms with E-state index >= 15 is 0 Å². The summed E-state index contributed by atoms with van der Waals surface area (Å²) in [4.78, 5) is 43.0. The Balaban J connectivity index is 1.49. The monoisotopic (exact) mass is 481 g/mol. The predicted octanol–water partition coefficient (Wildman–Crippen LogP) is 5.68. The molecule has 3 aliphatic carbocycles. The van der Waals surface area contributed by atoms with Crippen molar-refractivity contribution in [2.45, 2.75) is 11.3 Å². The van der Waals surface area contributed by atoms with Gasteiger partial charge in [0.2, 0.25) is 11.8 Å². The lowest BCUT2D eigenvalue weighted by Crippen LogP contribution is -2.52. The van der Waals surface area contributed by atoms with Crippen molar-refractivity contribution in [2.75, 3.05) is 4.90 Å². The first kappa shape index (κ1) is 21.7. The standard InChI is InChI=1S/C33H23NO3/c35-27(21-11-3-1-4-12-21)19-20-33-25-17-9-7-15-23(25)28(24-16-8-10-18-26(24)33)29-30(33)32(37)34(31(29)36)22-13-5-2-6-14-22/h1-20,28-30H/b20-19+. The van der Waals surface area contributed by atoms with E-state index in [9.17, 15) is 14.4 Å². The fraction of sp³-hybridized carbons (Fsp3) is 0.121. The summed E-state index contributed by atoms with van der Waals surface area (Å²) in [6.45, 7) is 0. The zero-order valence-corrected chi connectivity index (χ0v) is 20.0. The first-order valence-electron chi connectivity index (χ1n) is 12.5. The Morgan fingerprint density at radius 2 is 1.22 bits per heavy atom. The number of carbonyl (C=O) groups excluding carboxylic acids is 3. The lowest BCUT2D eigenvalue weighted by Gasteiger charge is -2.53. The zero-order chi connectivity index (χ0) is 25.1. The molecular formula is C33H23NO3. The number of ketones is 1. The summed E-state index contributed by atoms with van der Waals surface area (Å²) in [6, 6.07) is 34.4. The molecule has 4 heteroatoms. The lowest BCUT2D eigenvalue weighted by molar-refractivity contribution is -0.122. The highest BCUT2D eigenvalue weighted by Crippen LogP contribution is 2.64. The molecule has 4 nitrogen and oxygen atoms in total. The number of carbonyl (C=O) groups is 3. The molecule has 1 fully saturated rings. The van der Waals surface area contributed by atoms with E-state index in [0.717, 1.165) is 22.3 Å². The SMILES string of the molecule is O=C(/C=C/C12c3ccccc3C(c3ccccc31)C1C(=O)N(c3ccccc3)C(=O)C12)c1ccccc1. The van der Waals surface area contributed by atoms with Crippen LogP contribution in [-0.2, 0) is 15.0 Å². The van der Waals surface area contributed by atoms with Crippen LogP contribution in [0.5, 0.6) is 0 Å². The van der Waals surface area contributed by atoms with Crippen molar-refractivity contribution < 1.29 is 14.4 Å². The van der Waals surface area contributed by atoms with E-state index < -0.39 is 17.3 Å². The van der Waals surface area contributed by atoms with Crippen LogP contribution in [-0.4, -0.2) is 17.6 Å². The molecule has 2 bridgehead atoms. The maximum absolute atomic E-state index is 14.3. The van der Waals surface area contributed by atoms with Crippen LogP contribution < -0.4 is 4.90 Å². The third-order valence-corrected chi connectivity index (χ3v) is 8.25. The van der Waals surface area contributed by atoms with Gasteiger partial charge >= 0.3 is 0 Å². The van der Waals surface area contributed by atoms with Gasteiger partial charge in [-0.05, 0) is 40.5 Å². The van der Waals surface area contributed by atoms with Gasteiger partial charge in [-0.3, -0.25) is 14.4 Å². The average molecular weight is 482 g/mol. The van der Waals surface area contributed by atoms with E-state index in [2.05, 4.69) is 24.3 Å². The molecule has 0 radical (unpaired) electrons. The molecule has 178 valence electrons. The summed E-state index contributed by atoms with van der Waals surface area (Å²) >= 11 is 0. The van der Waals surface area contributed by atoms with Gasteiger partial charge in [0.15, 0.2) is 5.78 Å². The van der Waals surface area contributed by atoms with Gasteiger partial charge in [0.25, 0.3) is 0 Å². The fourth-order valence-electron chi connectivity index (χ4n) is 6.85. The van der Waals surface area contributed by atoms with Crippen LogP contribution in [0.25, 0.3) is 0 Å². The largest absolute Gasteiger partial charge is 0.289 e. The Bertz CT molecular complexity index is 1560. The molecule has 0 saturated carbocycles. The maximum atomic E-state index is 14.3. The number of allylic oxidation sites excluding steroid dienone is 2. The number of para-hydroxylation sites is 1. The molecule has 8 rings (SSSR count). The Labute approximate surface area is 214 Å². The van der Waals surface area contributed by atoms with Gasteiger partial charge < -0.3 is 0 Å². The Morgan fingerprint density at radius 1 is 0.676 bits per heavy atom. The van der Waals surface area contributed by atoms with E-state index in [1.54, 1.807) is 30.3 Å². The van der Waals surface area contributed by atoms with Crippen molar-refractivity contribution in [1.82, 2.24) is 0 Å². The molecule has 4 aromatic carbocycles. The molecular weight excluding hydrogens is 458 g/mol. The summed E-state index contributed by atoms with van der Waals surface area (Å²) in [5.74, 6) is -1.94. The number of anilines is 1. The van der Waals surface area contributed by atoms with Crippen molar-refractivity contribution in [3.8, 4) is 0 Å². The van der Waals surface area contributed by atoms with Crippen molar-refractivity contribution in [1.29, 1.82) is 0 Å². The van der Waals surface area contributed by atoms with Crippen LogP contribution in [0, 0.1) is 11.8 Å². The zero-order valence-electron chi connectivity index (χ0n) is 20.0. The van der Waals surface area contributed by atoms with Crippen molar-refractivity contribution in [3.63, 3.8) is 0 Å². The van der Waals surface area contributed by atoms with Crippen LogP contribution in [0.2, 0.25) is 0 Å². The highest BCUT2D eigenvalue weighted by atomic mass is 16.2. The second kappa shape index (κ2) is 7.97. The van der Waals surface area contributed by atoms with Crippen LogP contribution >= 0.6 is 0 Å². The number of imide groups is 1. The smallest absolute Gasteiger partial charge is 0.239 e. The van der Waals surface area contributed by atoms with Gasteiger partial charge in [-0.1, -0.05) is 103 Å². The highest BCUT2D eigenvalue weighted by Gasteiger charge is 2.67. The maximum Gasteiger partial charge on any atom is 0.239 e. The summed E-state index contributed by atoms with van der Waals surface area (Å²) in [7, 11) is 0. The molecule has 1 heterocycles. The first-order valence-corrected chi connectivity index (χ1v) is 12.5. The number of rotatable bonds is 4. The van der Waals surface area contributed by atoms with Crippen LogP contribution in [0.4, 0.5) is 5.69 Å². The third-order valence-electron chi connectivity index (χ3n) is 8.25. The van der Waals surface area contributed by atoms with Crippen molar-refractivity contribution >= 4 is 23.3 Å². The van der Waals surface area contributed by atoms with Crippen LogP contribution in [0.1, 0.15) is 38.5 Å². The summed E-state index contributed by atoms with van der Waals surface area (Å²) in [5.41, 5.74) is 4.32. The van der Waals surface area contributed by atoms with E-state index in [0.29, 0.717) is 11.3 Å². The quantitative estimate of drug-likeness (QED) is 0.214. The highest BCUT2D eigenvalue weighted by molar-refractivity contribution is 6.24. The Morgan fingerprint density at radius 3 is 1.84 bits per heavy atom. The van der Waals surface area contributed by atoms with E-state index in [1.165, 1.54) is 4.90 Å². The number of hydrogen-bond donors (Lipinski definition) is 0. The predicted molar refractivity (Wildman–Crippen MR) is 141 cm³/mol. The minimum atomic E-state index is -0.937. The second-order valence-electron chi connectivity index (χ2n) is 9.94. The molecule has 2 atom stereocenters. The molecule has 2 unspecified atom stereocenters. The number of hydrogen-bond acceptors (Lipinski definition) is 3. The van der Waals surface area contributed by atoms with E-state index in [4.69, 9.17) is 0 Å². The third kappa shape index (κ3) is 2.87. The van der Waals surface area contributed by atoms with Gasteiger partial charge in [0.05, 0.1) is 22.9 Å². The van der Waals surface area contributed by atoms with Crippen LogP contribution in [0.3, 0.4) is 0 Å². The van der Waals surface area contributed by atoms with Gasteiger partial charge in [0.1, 0.15) is 0 Å². The number of benzene rings is 4. The Kier molecular flexibility index (Phi) is 4.67. The molecule has 1 aliphatic heterocycles. The summed E-state index contributed by atoms with van der Waals surface area (Å²) < 4.78 is 0. The van der Waals surface area contributed by atoms with Gasteiger partial charge in [-0.25, -0.2) is 4.90 Å². The fourth-order valence-corrected chi connectivity index (χ4v) is 6.85. The minimum Gasteiger partial charge on any atom is -0.289 e. The normalized spacial score (nSPS) is 25.2. The molecule has 0 aromatic heterocycles. The van der Waals surface area contributed by atoms with Crippen LogP contribution in [0.15, 0.2) is 121 Å². The Hall–Kier alpha value is -4.57. The minimum absolute atomic E-state index is 0.133. The number of amides is 2. The first-order chi connectivity index (χ1) is 18.1. The average Bonchev–Trinajstić information content (AvgIpc) is 3.23. The second-order valence-corrected chi connectivity index (χ2v) is 9.94. The summed E-state index contributed by atoms with van der Waals surface area (Å²) in [5, 5.41) is 0. The molecule has 2 amide bonds. The topological polar surface area (TPSA) is 54.5 Å². The molecule has 4 aliphatic rings. The van der Waals surface area contributed by atoms with E-state index in [-0.39, 0.29) is 23.5 Å². The molecule has 37 heavy (non-hydrogen) atoms. The number of nitrogens with zero attached hydrogens (tertiary/aromatic N) is 1. The molecule has 1 saturated heterocycles. The molecule has 4 aromatic rings. The lowest BCUT2D eigenvalue weighted by atomic mass is 9.47. The van der Waals surface area contributed by atoms with Crippen molar-refractivity contribution in [3.05, 3.63) is 149 Å². The van der Waals surface area contributed by atoms with Gasteiger partial charge in [-0.15, -0.1) is 0 Å². The molecule has 0 N–H and O–H groups in total. The molecule has 0 spiro atoms. The van der Waals surface area contributed by atoms with Gasteiger partial charge in [0, 0.05) is 11.5 Å².